The average Bonchev–Trinajstić information content (AvgIpc) is 3.30. The maximum atomic E-state index is 2.42. The summed E-state index contributed by atoms with van der Waals surface area (Å²) in [6.07, 6.45) is 10.1. The first-order valence-electron chi connectivity index (χ1n) is 11.4. The van der Waals surface area contributed by atoms with Gasteiger partial charge in [-0.15, -0.1) is 0 Å². The van der Waals surface area contributed by atoms with Gasteiger partial charge in [0.25, 0.3) is 0 Å². The lowest BCUT2D eigenvalue weighted by Gasteiger charge is -2.26. The van der Waals surface area contributed by atoms with Gasteiger partial charge in [-0.3, -0.25) is 0 Å². The summed E-state index contributed by atoms with van der Waals surface area (Å²) in [6.45, 7) is 17.2. The fourth-order valence-corrected chi connectivity index (χ4v) is 5.24. The molecule has 2 heterocycles. The Kier molecular flexibility index (Phi) is 5.99. The van der Waals surface area contributed by atoms with Gasteiger partial charge in [-0.2, -0.15) is 0 Å². The lowest BCUT2D eigenvalue weighted by molar-refractivity contribution is 0.341. The number of hydrogen-bond donors (Lipinski definition) is 0. The van der Waals surface area contributed by atoms with Gasteiger partial charge in [0.2, 0.25) is 0 Å². The zero-order valence-corrected chi connectivity index (χ0v) is 19.9. The van der Waals surface area contributed by atoms with Crippen LogP contribution in [0.2, 0.25) is 0 Å². The third kappa shape index (κ3) is 4.58. The second kappa shape index (κ2) is 8.70. The van der Waals surface area contributed by atoms with Crippen LogP contribution in [0.5, 0.6) is 0 Å². The summed E-state index contributed by atoms with van der Waals surface area (Å²) in [4.78, 5) is 9.60. The van der Waals surface area contributed by atoms with Crippen LogP contribution in [0.1, 0.15) is 39.8 Å². The Labute approximate surface area is 188 Å². The highest BCUT2D eigenvalue weighted by molar-refractivity contribution is 5.63. The molecule has 4 nitrogen and oxygen atoms in total. The summed E-state index contributed by atoms with van der Waals surface area (Å²) >= 11 is 0. The predicted molar refractivity (Wildman–Crippen MR) is 132 cm³/mol. The molecule has 0 aliphatic carbocycles. The molecule has 0 saturated carbocycles. The summed E-state index contributed by atoms with van der Waals surface area (Å²) in [5.74, 6) is 0. The van der Waals surface area contributed by atoms with Gasteiger partial charge in [-0.05, 0) is 70.2 Å². The molecular formula is C27H36N4. The minimum Gasteiger partial charge on any atom is -0.358 e. The molecule has 31 heavy (non-hydrogen) atoms. The smallest absolute Gasteiger partial charge is 0.0942 e. The lowest BCUT2D eigenvalue weighted by Crippen LogP contribution is -2.30. The monoisotopic (exact) mass is 416 g/mol. The van der Waals surface area contributed by atoms with Crippen LogP contribution < -0.4 is 9.80 Å². The molecule has 0 saturated heterocycles. The van der Waals surface area contributed by atoms with E-state index in [1.54, 1.807) is 0 Å². The number of hydrogen-bond acceptors (Lipinski definition) is 4. The summed E-state index contributed by atoms with van der Waals surface area (Å²) < 4.78 is 0. The van der Waals surface area contributed by atoms with E-state index in [9.17, 15) is 0 Å². The second-order valence-electron chi connectivity index (χ2n) is 9.29. The molecule has 0 spiro atoms. The van der Waals surface area contributed by atoms with E-state index in [0.29, 0.717) is 0 Å². The Bertz CT molecular complexity index is 892. The molecule has 0 aromatic heterocycles. The molecule has 2 aromatic rings. The number of aryl methyl sites for hydroxylation is 6. The SMILES string of the molecule is Cc1cc(C)c(N2C=CN(CCCN3C=CN(c4c(C)cc(C)cc4C)C3)C2)c(C)c1. The van der Waals surface area contributed by atoms with E-state index in [-0.39, 0.29) is 0 Å². The van der Waals surface area contributed by atoms with Gasteiger partial charge in [0.05, 0.1) is 13.3 Å². The summed E-state index contributed by atoms with van der Waals surface area (Å²) in [5, 5.41) is 0. The number of anilines is 2. The average molecular weight is 417 g/mol. The van der Waals surface area contributed by atoms with Crippen molar-refractivity contribution in [1.82, 2.24) is 9.80 Å². The molecule has 2 aliphatic rings. The molecule has 0 N–H and O–H groups in total. The molecule has 0 bridgehead atoms. The van der Waals surface area contributed by atoms with Crippen molar-refractivity contribution in [2.24, 2.45) is 0 Å². The van der Waals surface area contributed by atoms with Crippen molar-refractivity contribution in [2.45, 2.75) is 48.0 Å². The molecule has 0 amide bonds. The van der Waals surface area contributed by atoms with Crippen LogP contribution in [0.3, 0.4) is 0 Å². The van der Waals surface area contributed by atoms with E-state index in [0.717, 1.165) is 32.8 Å². The lowest BCUT2D eigenvalue weighted by atomic mass is 10.0. The van der Waals surface area contributed by atoms with Gasteiger partial charge < -0.3 is 19.6 Å². The topological polar surface area (TPSA) is 13.0 Å². The Morgan fingerprint density at radius 2 is 0.903 bits per heavy atom. The van der Waals surface area contributed by atoms with Gasteiger partial charge in [0, 0.05) is 49.3 Å². The van der Waals surface area contributed by atoms with Crippen molar-refractivity contribution in [2.75, 3.05) is 36.2 Å². The first-order chi connectivity index (χ1) is 14.8. The van der Waals surface area contributed by atoms with E-state index in [1.807, 2.05) is 0 Å². The van der Waals surface area contributed by atoms with Crippen LogP contribution in [0, 0.1) is 41.5 Å². The third-order valence-corrected chi connectivity index (χ3v) is 6.32. The molecule has 0 atom stereocenters. The Balaban J connectivity index is 1.27. The van der Waals surface area contributed by atoms with E-state index in [1.165, 1.54) is 44.8 Å². The van der Waals surface area contributed by atoms with Gasteiger partial charge in [0.1, 0.15) is 0 Å². The minimum absolute atomic E-state index is 0.939. The van der Waals surface area contributed by atoms with Crippen LogP contribution in [0.15, 0.2) is 49.1 Å². The fourth-order valence-electron chi connectivity index (χ4n) is 5.24. The fraction of sp³-hybridized carbons (Fsp3) is 0.407. The number of rotatable bonds is 6. The van der Waals surface area contributed by atoms with Crippen LogP contribution in [-0.2, 0) is 0 Å². The molecule has 4 heteroatoms. The van der Waals surface area contributed by atoms with Gasteiger partial charge >= 0.3 is 0 Å². The highest BCUT2D eigenvalue weighted by atomic mass is 15.4. The van der Waals surface area contributed by atoms with Crippen LogP contribution in [0.4, 0.5) is 11.4 Å². The van der Waals surface area contributed by atoms with Crippen molar-refractivity contribution in [1.29, 1.82) is 0 Å². The third-order valence-electron chi connectivity index (χ3n) is 6.32. The van der Waals surface area contributed by atoms with Crippen molar-refractivity contribution in [3.8, 4) is 0 Å². The first kappa shape index (κ1) is 21.4. The molecule has 4 rings (SSSR count). The van der Waals surface area contributed by atoms with Gasteiger partial charge in [-0.25, -0.2) is 0 Å². The zero-order valence-electron chi connectivity index (χ0n) is 19.9. The zero-order chi connectivity index (χ0) is 22.1. The summed E-state index contributed by atoms with van der Waals surface area (Å²) in [7, 11) is 0. The van der Waals surface area contributed by atoms with Gasteiger partial charge in [-0.1, -0.05) is 35.4 Å². The van der Waals surface area contributed by atoms with Crippen molar-refractivity contribution in [3.05, 3.63) is 82.4 Å². The normalized spacial score (nSPS) is 15.7. The molecule has 2 aromatic carbocycles. The molecular weight excluding hydrogens is 380 g/mol. The standard InChI is InChI=1S/C27H36N4/c1-20-14-22(3)26(23(4)15-20)30-12-10-28(18-30)8-7-9-29-11-13-31(19-29)27-24(5)16-21(2)17-25(27)6/h10-17H,7-9,18-19H2,1-6H3. The molecule has 0 unspecified atom stereocenters. The maximum absolute atomic E-state index is 2.42. The summed E-state index contributed by atoms with van der Waals surface area (Å²) in [6, 6.07) is 9.12. The number of benzene rings is 2. The minimum atomic E-state index is 0.939. The number of nitrogens with zero attached hydrogens (tertiary/aromatic N) is 4. The second-order valence-corrected chi connectivity index (χ2v) is 9.29. The maximum Gasteiger partial charge on any atom is 0.0942 e. The summed E-state index contributed by atoms with van der Waals surface area (Å²) in [5.41, 5.74) is 10.8. The molecule has 2 aliphatic heterocycles. The van der Waals surface area contributed by atoms with E-state index >= 15 is 0 Å². The van der Waals surface area contributed by atoms with Crippen molar-refractivity contribution < 1.29 is 0 Å². The van der Waals surface area contributed by atoms with E-state index in [2.05, 4.69) is 110 Å². The highest BCUT2D eigenvalue weighted by Crippen LogP contribution is 2.30. The van der Waals surface area contributed by atoms with Crippen molar-refractivity contribution in [3.63, 3.8) is 0 Å². The van der Waals surface area contributed by atoms with E-state index < -0.39 is 0 Å². The quantitative estimate of drug-likeness (QED) is 0.596. The van der Waals surface area contributed by atoms with Crippen LogP contribution in [0.25, 0.3) is 0 Å². The van der Waals surface area contributed by atoms with Crippen molar-refractivity contribution >= 4 is 11.4 Å². The van der Waals surface area contributed by atoms with Gasteiger partial charge in [0.15, 0.2) is 0 Å². The molecule has 0 radical (unpaired) electrons. The van der Waals surface area contributed by atoms with E-state index in [4.69, 9.17) is 0 Å². The Morgan fingerprint density at radius 1 is 0.548 bits per heavy atom. The Morgan fingerprint density at radius 3 is 1.26 bits per heavy atom. The Hall–Kier alpha value is -2.88. The first-order valence-corrected chi connectivity index (χ1v) is 11.4. The largest absolute Gasteiger partial charge is 0.358 e. The highest BCUT2D eigenvalue weighted by Gasteiger charge is 2.20. The van der Waals surface area contributed by atoms with Crippen LogP contribution >= 0.6 is 0 Å². The predicted octanol–water partition coefficient (Wildman–Crippen LogP) is 5.73. The van der Waals surface area contributed by atoms with Crippen LogP contribution in [-0.4, -0.2) is 36.2 Å². The molecule has 0 fully saturated rings. The molecule has 164 valence electrons.